The maximum atomic E-state index is 6.24. The molecule has 1 N–H and O–H groups in total. The van der Waals surface area contributed by atoms with Crippen molar-refractivity contribution in [2.75, 3.05) is 38.2 Å². The number of nitrogens with zero attached hydrogens (tertiary/aromatic N) is 2. The van der Waals surface area contributed by atoms with Gasteiger partial charge in [0.25, 0.3) is 0 Å². The number of pyridine rings is 1. The van der Waals surface area contributed by atoms with Gasteiger partial charge in [-0.1, -0.05) is 12.6 Å². The number of hydrogen-bond acceptors (Lipinski definition) is 5. The van der Waals surface area contributed by atoms with Gasteiger partial charge in [0.05, 0.1) is 18.3 Å². The number of piperazine rings is 1. The number of anilines is 1. The van der Waals surface area contributed by atoms with E-state index in [0.717, 1.165) is 59.8 Å². The summed E-state index contributed by atoms with van der Waals surface area (Å²) >= 11 is 0. The molecule has 6 heteroatoms. The molecular weight excluding hydrogens is 374 g/mol. The summed E-state index contributed by atoms with van der Waals surface area (Å²) < 4.78 is 11.6. The molecule has 0 radical (unpaired) electrons. The van der Waals surface area contributed by atoms with Gasteiger partial charge in [-0.15, -0.1) is 12.4 Å². The molecule has 2 heterocycles. The van der Waals surface area contributed by atoms with Gasteiger partial charge in [-0.2, -0.15) is 0 Å². The third kappa shape index (κ3) is 4.66. The van der Waals surface area contributed by atoms with Gasteiger partial charge >= 0.3 is 0 Å². The van der Waals surface area contributed by atoms with Crippen molar-refractivity contribution < 1.29 is 9.47 Å². The first-order valence-corrected chi connectivity index (χ1v) is 9.24. The average Bonchev–Trinajstić information content (AvgIpc) is 2.72. The first-order valence-electron chi connectivity index (χ1n) is 9.24. The highest BCUT2D eigenvalue weighted by Gasteiger charge is 2.17. The molecule has 3 rings (SSSR count). The van der Waals surface area contributed by atoms with Gasteiger partial charge < -0.3 is 19.7 Å². The van der Waals surface area contributed by atoms with Crippen LogP contribution in [0.15, 0.2) is 60.7 Å². The largest absolute Gasteiger partial charge is 0.497 e. The minimum Gasteiger partial charge on any atom is -0.497 e. The van der Waals surface area contributed by atoms with Crippen LogP contribution >= 0.6 is 12.4 Å². The number of methoxy groups -OCH3 is 1. The number of rotatable bonds is 6. The van der Waals surface area contributed by atoms with Gasteiger partial charge in [0.2, 0.25) is 0 Å². The van der Waals surface area contributed by atoms with Crippen molar-refractivity contribution in [3.05, 3.63) is 66.3 Å². The van der Waals surface area contributed by atoms with E-state index in [1.54, 1.807) is 13.2 Å². The summed E-state index contributed by atoms with van der Waals surface area (Å²) in [6.07, 6.45) is 7.27. The first-order chi connectivity index (χ1) is 13.2. The highest BCUT2D eigenvalue weighted by atomic mass is 35.5. The Morgan fingerprint density at radius 2 is 2.00 bits per heavy atom. The molecule has 1 aromatic heterocycles. The van der Waals surface area contributed by atoms with E-state index in [0.29, 0.717) is 5.76 Å². The number of allylic oxidation sites excluding steroid dienone is 3. The van der Waals surface area contributed by atoms with Crippen molar-refractivity contribution >= 4 is 29.0 Å². The zero-order valence-electron chi connectivity index (χ0n) is 16.7. The highest BCUT2D eigenvalue weighted by molar-refractivity contribution is 5.95. The Kier molecular flexibility index (Phi) is 7.91. The number of para-hydroxylation sites is 1. The second kappa shape index (κ2) is 10.2. The second-order valence-corrected chi connectivity index (χ2v) is 6.43. The van der Waals surface area contributed by atoms with Gasteiger partial charge in [-0.05, 0) is 38.1 Å². The standard InChI is InChI=1S/C22H27N3O2.ClH/c1-5-17(26-4)14-18(6-2)27-22-16(3)15-24-21-19(22)8-7-9-20(21)25-12-10-23-11-13-25;/h5-9,14-15,23H,2,10-13H2,1,3-4H3;1H. The van der Waals surface area contributed by atoms with Gasteiger partial charge in [-0.3, -0.25) is 4.98 Å². The lowest BCUT2D eigenvalue weighted by atomic mass is 10.1. The molecule has 150 valence electrons. The van der Waals surface area contributed by atoms with Crippen molar-refractivity contribution in [3.8, 4) is 5.75 Å². The molecular formula is C22H28ClN3O2. The Bertz CT molecular complexity index is 887. The van der Waals surface area contributed by atoms with Gasteiger partial charge in [0.1, 0.15) is 17.3 Å². The summed E-state index contributed by atoms with van der Waals surface area (Å²) in [4.78, 5) is 7.09. The maximum Gasteiger partial charge on any atom is 0.141 e. The molecule has 1 saturated heterocycles. The van der Waals surface area contributed by atoms with E-state index in [2.05, 4.69) is 35.0 Å². The molecule has 0 atom stereocenters. The van der Waals surface area contributed by atoms with E-state index in [4.69, 9.17) is 14.5 Å². The second-order valence-electron chi connectivity index (χ2n) is 6.43. The SMILES string of the molecule is C=CC(=CC(=CC)OC)Oc1c(C)cnc2c(N3CCNCC3)cccc12.Cl. The van der Waals surface area contributed by atoms with Gasteiger partial charge in [0.15, 0.2) is 0 Å². The Balaban J connectivity index is 0.00000280. The molecule has 0 amide bonds. The zero-order chi connectivity index (χ0) is 19.2. The lowest BCUT2D eigenvalue weighted by Crippen LogP contribution is -2.43. The zero-order valence-corrected chi connectivity index (χ0v) is 17.5. The van der Waals surface area contributed by atoms with E-state index < -0.39 is 0 Å². The minimum atomic E-state index is 0. The fraction of sp³-hybridized carbons (Fsp3) is 0.318. The Morgan fingerprint density at radius 3 is 2.64 bits per heavy atom. The fourth-order valence-corrected chi connectivity index (χ4v) is 3.23. The van der Waals surface area contributed by atoms with Crippen LogP contribution in [0.5, 0.6) is 5.75 Å². The van der Waals surface area contributed by atoms with Crippen LogP contribution in [0.3, 0.4) is 0 Å². The molecule has 28 heavy (non-hydrogen) atoms. The summed E-state index contributed by atoms with van der Waals surface area (Å²) in [7, 11) is 1.64. The summed E-state index contributed by atoms with van der Waals surface area (Å²) in [5.41, 5.74) is 3.09. The molecule has 2 aromatic rings. The number of halogens is 1. The number of hydrogen-bond donors (Lipinski definition) is 1. The predicted molar refractivity (Wildman–Crippen MR) is 118 cm³/mol. The predicted octanol–water partition coefficient (Wildman–Crippen LogP) is 4.37. The number of fused-ring (bicyclic) bond motifs is 1. The smallest absolute Gasteiger partial charge is 0.141 e. The van der Waals surface area contributed by atoms with Crippen molar-refractivity contribution in [2.24, 2.45) is 0 Å². The van der Waals surface area contributed by atoms with Crippen LogP contribution < -0.4 is 15.0 Å². The Hall–Kier alpha value is -2.50. The average molecular weight is 402 g/mol. The monoisotopic (exact) mass is 401 g/mol. The lowest BCUT2D eigenvalue weighted by Gasteiger charge is -2.30. The minimum absolute atomic E-state index is 0. The molecule has 1 aromatic carbocycles. The quantitative estimate of drug-likeness (QED) is 0.575. The van der Waals surface area contributed by atoms with Crippen molar-refractivity contribution in [2.45, 2.75) is 13.8 Å². The molecule has 0 saturated carbocycles. The van der Waals surface area contributed by atoms with Crippen molar-refractivity contribution in [3.63, 3.8) is 0 Å². The topological polar surface area (TPSA) is 46.6 Å². The summed E-state index contributed by atoms with van der Waals surface area (Å²) in [5, 5.41) is 4.39. The summed E-state index contributed by atoms with van der Waals surface area (Å²) in [6, 6.07) is 6.26. The summed E-state index contributed by atoms with van der Waals surface area (Å²) in [6.45, 7) is 11.7. The van der Waals surface area contributed by atoms with Crippen LogP contribution in [0.4, 0.5) is 5.69 Å². The van der Waals surface area contributed by atoms with E-state index in [9.17, 15) is 0 Å². The van der Waals surface area contributed by atoms with E-state index in [-0.39, 0.29) is 12.4 Å². The Labute approximate surface area is 173 Å². The third-order valence-electron chi connectivity index (χ3n) is 4.69. The first kappa shape index (κ1) is 21.8. The Morgan fingerprint density at radius 1 is 1.25 bits per heavy atom. The van der Waals surface area contributed by atoms with Gasteiger partial charge in [-0.25, -0.2) is 0 Å². The van der Waals surface area contributed by atoms with Crippen LogP contribution in [0.1, 0.15) is 12.5 Å². The number of ether oxygens (including phenoxy) is 2. The van der Waals surface area contributed by atoms with Crippen LogP contribution in [0.2, 0.25) is 0 Å². The molecule has 1 aliphatic heterocycles. The molecule has 0 bridgehead atoms. The molecule has 0 aliphatic carbocycles. The van der Waals surface area contributed by atoms with Crippen LogP contribution in [0, 0.1) is 6.92 Å². The molecule has 1 fully saturated rings. The van der Waals surface area contributed by atoms with Crippen LogP contribution in [0.25, 0.3) is 10.9 Å². The van der Waals surface area contributed by atoms with Crippen molar-refractivity contribution in [1.82, 2.24) is 10.3 Å². The number of aryl methyl sites for hydroxylation is 1. The molecule has 5 nitrogen and oxygen atoms in total. The van der Waals surface area contributed by atoms with E-state index in [1.165, 1.54) is 0 Å². The van der Waals surface area contributed by atoms with Crippen molar-refractivity contribution in [1.29, 1.82) is 0 Å². The third-order valence-corrected chi connectivity index (χ3v) is 4.69. The summed E-state index contributed by atoms with van der Waals surface area (Å²) in [5.74, 6) is 2.16. The highest BCUT2D eigenvalue weighted by Crippen LogP contribution is 2.34. The lowest BCUT2D eigenvalue weighted by molar-refractivity contribution is 0.302. The number of aromatic nitrogens is 1. The molecule has 0 unspecified atom stereocenters. The van der Waals surface area contributed by atoms with E-state index in [1.807, 2.05) is 32.2 Å². The normalized spacial score (nSPS) is 15.2. The van der Waals surface area contributed by atoms with E-state index >= 15 is 0 Å². The number of benzene rings is 1. The van der Waals surface area contributed by atoms with Gasteiger partial charge in [0, 0.05) is 49.4 Å². The number of nitrogens with one attached hydrogen (secondary N) is 1. The molecule has 0 spiro atoms. The fourth-order valence-electron chi connectivity index (χ4n) is 3.23. The molecule has 1 aliphatic rings. The maximum absolute atomic E-state index is 6.24. The van der Waals surface area contributed by atoms with Crippen LogP contribution in [-0.4, -0.2) is 38.3 Å². The van der Waals surface area contributed by atoms with Crippen LogP contribution in [-0.2, 0) is 4.74 Å².